The van der Waals surface area contributed by atoms with Gasteiger partial charge in [-0.1, -0.05) is 12.1 Å². The van der Waals surface area contributed by atoms with Crippen LogP contribution in [0.2, 0.25) is 0 Å². The lowest BCUT2D eigenvalue weighted by atomic mass is 9.84. The largest absolute Gasteiger partial charge is 0.369 e. The Labute approximate surface area is 93.9 Å². The monoisotopic (exact) mass is 214 g/mol. The van der Waals surface area contributed by atoms with Crippen LogP contribution < -0.4 is 5.73 Å². The van der Waals surface area contributed by atoms with Gasteiger partial charge < -0.3 is 10.3 Å². The lowest BCUT2D eigenvalue weighted by molar-refractivity contribution is -0.119. The van der Waals surface area contributed by atoms with E-state index >= 15 is 0 Å². The molecule has 1 unspecified atom stereocenters. The zero-order valence-electron chi connectivity index (χ0n) is 9.23. The van der Waals surface area contributed by atoms with Crippen molar-refractivity contribution in [3.63, 3.8) is 0 Å². The van der Waals surface area contributed by atoms with Crippen molar-refractivity contribution in [3.8, 4) is 0 Å². The Kier molecular flexibility index (Phi) is 1.84. The van der Waals surface area contributed by atoms with Crippen LogP contribution in [-0.2, 0) is 18.3 Å². The summed E-state index contributed by atoms with van der Waals surface area (Å²) in [4.78, 5) is 11.4. The smallest absolute Gasteiger partial charge is 0.225 e. The van der Waals surface area contributed by atoms with Gasteiger partial charge in [0.2, 0.25) is 5.91 Å². The van der Waals surface area contributed by atoms with Crippen LogP contribution >= 0.6 is 0 Å². The molecule has 1 aliphatic carbocycles. The lowest BCUT2D eigenvalue weighted by Crippen LogP contribution is -2.23. The highest BCUT2D eigenvalue weighted by Crippen LogP contribution is 2.37. The molecule has 2 N–H and O–H groups in total. The van der Waals surface area contributed by atoms with E-state index in [0.717, 1.165) is 18.4 Å². The molecule has 16 heavy (non-hydrogen) atoms. The van der Waals surface area contributed by atoms with Gasteiger partial charge in [-0.15, -0.1) is 0 Å². The molecular formula is C13H14N2O. The van der Waals surface area contributed by atoms with Crippen molar-refractivity contribution in [2.24, 2.45) is 12.8 Å². The van der Waals surface area contributed by atoms with Crippen molar-refractivity contribution in [1.29, 1.82) is 0 Å². The first kappa shape index (κ1) is 9.46. The van der Waals surface area contributed by atoms with E-state index in [-0.39, 0.29) is 11.8 Å². The maximum Gasteiger partial charge on any atom is 0.225 e. The highest BCUT2D eigenvalue weighted by Gasteiger charge is 2.27. The molecule has 0 fully saturated rings. The van der Waals surface area contributed by atoms with E-state index in [1.165, 1.54) is 16.5 Å². The summed E-state index contributed by atoms with van der Waals surface area (Å²) in [5.74, 6) is -0.319. The molecule has 1 atom stereocenters. The fourth-order valence-corrected chi connectivity index (χ4v) is 2.78. The van der Waals surface area contributed by atoms with Crippen molar-refractivity contribution < 1.29 is 4.79 Å². The Morgan fingerprint density at radius 3 is 3.06 bits per heavy atom. The number of aryl methyl sites for hydroxylation is 2. The van der Waals surface area contributed by atoms with Crippen molar-refractivity contribution in [2.75, 3.05) is 0 Å². The average Bonchev–Trinajstić information content (AvgIpc) is 2.59. The summed E-state index contributed by atoms with van der Waals surface area (Å²) < 4.78 is 2.08. The van der Waals surface area contributed by atoms with Gasteiger partial charge in [-0.2, -0.15) is 0 Å². The van der Waals surface area contributed by atoms with Crippen LogP contribution in [0.4, 0.5) is 0 Å². The maximum atomic E-state index is 11.4. The SMILES string of the molecule is Cn1cc2c3c(cccc31)CCC2C(N)=O. The van der Waals surface area contributed by atoms with Gasteiger partial charge in [0.15, 0.2) is 0 Å². The van der Waals surface area contributed by atoms with E-state index in [1.807, 2.05) is 13.2 Å². The minimum Gasteiger partial charge on any atom is -0.369 e. The summed E-state index contributed by atoms with van der Waals surface area (Å²) >= 11 is 0. The molecule has 1 heterocycles. The van der Waals surface area contributed by atoms with Crippen molar-refractivity contribution in [3.05, 3.63) is 35.5 Å². The lowest BCUT2D eigenvalue weighted by Gasteiger charge is -2.19. The van der Waals surface area contributed by atoms with Gasteiger partial charge in [-0.05, 0) is 30.0 Å². The number of hydrogen-bond donors (Lipinski definition) is 1. The molecule has 0 aliphatic heterocycles. The summed E-state index contributed by atoms with van der Waals surface area (Å²) in [5, 5.41) is 1.24. The molecule has 0 bridgehead atoms. The van der Waals surface area contributed by atoms with E-state index in [4.69, 9.17) is 5.73 Å². The van der Waals surface area contributed by atoms with Crippen molar-refractivity contribution in [2.45, 2.75) is 18.8 Å². The second kappa shape index (κ2) is 3.11. The van der Waals surface area contributed by atoms with Crippen molar-refractivity contribution in [1.82, 2.24) is 4.57 Å². The van der Waals surface area contributed by atoms with Crippen LogP contribution in [0.1, 0.15) is 23.5 Å². The first-order valence-corrected chi connectivity index (χ1v) is 5.54. The van der Waals surface area contributed by atoms with Crippen LogP contribution in [-0.4, -0.2) is 10.5 Å². The van der Waals surface area contributed by atoms with Crippen LogP contribution in [0.5, 0.6) is 0 Å². The molecule has 82 valence electrons. The Morgan fingerprint density at radius 2 is 2.31 bits per heavy atom. The third-order valence-corrected chi connectivity index (χ3v) is 3.55. The summed E-state index contributed by atoms with van der Waals surface area (Å²) in [6.07, 6.45) is 3.83. The third-order valence-electron chi connectivity index (χ3n) is 3.55. The fourth-order valence-electron chi connectivity index (χ4n) is 2.78. The number of rotatable bonds is 1. The summed E-state index contributed by atoms with van der Waals surface area (Å²) in [7, 11) is 2.01. The molecule has 0 radical (unpaired) electrons. The molecule has 2 aromatic rings. The number of nitrogens with two attached hydrogens (primary N) is 1. The van der Waals surface area contributed by atoms with Gasteiger partial charge in [0.1, 0.15) is 0 Å². The van der Waals surface area contributed by atoms with Gasteiger partial charge >= 0.3 is 0 Å². The second-order valence-corrected chi connectivity index (χ2v) is 4.50. The fraction of sp³-hybridized carbons (Fsp3) is 0.308. The zero-order valence-corrected chi connectivity index (χ0v) is 9.23. The minimum absolute atomic E-state index is 0.112. The maximum absolute atomic E-state index is 11.4. The minimum atomic E-state index is -0.206. The quantitative estimate of drug-likeness (QED) is 0.771. The molecule has 1 amide bonds. The van der Waals surface area contributed by atoms with Crippen LogP contribution in [0.25, 0.3) is 10.9 Å². The molecule has 1 aromatic heterocycles. The van der Waals surface area contributed by atoms with Crippen LogP contribution in [0.3, 0.4) is 0 Å². The number of nitrogens with zero attached hydrogens (tertiary/aromatic N) is 1. The number of hydrogen-bond acceptors (Lipinski definition) is 1. The Balaban J connectivity index is 2.36. The van der Waals surface area contributed by atoms with E-state index in [2.05, 4.69) is 22.8 Å². The molecule has 0 spiro atoms. The normalized spacial score (nSPS) is 18.9. The molecule has 0 saturated carbocycles. The number of amides is 1. The van der Waals surface area contributed by atoms with E-state index in [0.29, 0.717) is 0 Å². The van der Waals surface area contributed by atoms with Gasteiger partial charge in [-0.3, -0.25) is 4.79 Å². The van der Waals surface area contributed by atoms with Crippen LogP contribution in [0.15, 0.2) is 24.4 Å². The van der Waals surface area contributed by atoms with Gasteiger partial charge in [0.25, 0.3) is 0 Å². The van der Waals surface area contributed by atoms with Gasteiger partial charge in [0, 0.05) is 24.1 Å². The Hall–Kier alpha value is -1.77. The van der Waals surface area contributed by atoms with Gasteiger partial charge in [-0.25, -0.2) is 0 Å². The number of carbonyl (C=O) groups excluding carboxylic acids is 1. The second-order valence-electron chi connectivity index (χ2n) is 4.50. The van der Waals surface area contributed by atoms with Crippen LogP contribution in [0, 0.1) is 0 Å². The molecule has 1 aliphatic rings. The first-order valence-electron chi connectivity index (χ1n) is 5.54. The highest BCUT2D eigenvalue weighted by atomic mass is 16.1. The highest BCUT2D eigenvalue weighted by molar-refractivity contribution is 5.94. The molecule has 3 rings (SSSR count). The molecule has 3 heteroatoms. The van der Waals surface area contributed by atoms with Gasteiger partial charge in [0.05, 0.1) is 5.92 Å². The predicted octanol–water partition coefficient (Wildman–Crippen LogP) is 1.69. The summed E-state index contributed by atoms with van der Waals surface area (Å²) in [6.45, 7) is 0. The third kappa shape index (κ3) is 1.11. The number of primary amides is 1. The first-order chi connectivity index (χ1) is 7.68. The number of benzene rings is 1. The molecule has 3 nitrogen and oxygen atoms in total. The zero-order chi connectivity index (χ0) is 11.3. The Bertz CT molecular complexity index is 583. The molecular weight excluding hydrogens is 200 g/mol. The van der Waals surface area contributed by atoms with E-state index < -0.39 is 0 Å². The molecule has 0 saturated heterocycles. The van der Waals surface area contributed by atoms with E-state index in [9.17, 15) is 4.79 Å². The summed E-state index contributed by atoms with van der Waals surface area (Å²) in [5.41, 5.74) is 9.10. The van der Waals surface area contributed by atoms with E-state index in [1.54, 1.807) is 0 Å². The molecule has 1 aromatic carbocycles. The number of aromatic nitrogens is 1. The number of carbonyl (C=O) groups is 1. The predicted molar refractivity (Wildman–Crippen MR) is 63.2 cm³/mol. The topological polar surface area (TPSA) is 48.0 Å². The standard InChI is InChI=1S/C13H14N2O/c1-15-7-10-9(13(14)16)6-5-8-3-2-4-11(15)12(8)10/h2-4,7,9H,5-6H2,1H3,(H2,14,16). The summed E-state index contributed by atoms with van der Waals surface area (Å²) in [6, 6.07) is 6.31. The Morgan fingerprint density at radius 1 is 1.50 bits per heavy atom. The average molecular weight is 214 g/mol. The van der Waals surface area contributed by atoms with Crippen molar-refractivity contribution >= 4 is 16.8 Å².